The molecule has 9 nitrogen and oxygen atoms in total. The fourth-order valence-corrected chi connectivity index (χ4v) is 4.54. The van der Waals surface area contributed by atoms with Gasteiger partial charge in [0.25, 0.3) is 5.91 Å². The molecule has 0 unspecified atom stereocenters. The standard InChI is InChI=1S/C25H30ClN7O2/c1-17-9-10-20-23(22(17)26)33(25(29-20)30-24(35)18-11-12-27-28-15-18)19-7-4-5-14-32(16-19)21(34)8-6-13-31(2)3/h6,8-12,15,19H,4-5,7,13-14,16H2,1-3H3,(H,29,30,35)/b8-6+/t19-/m1/s1. The van der Waals surface area contributed by atoms with Gasteiger partial charge in [-0.2, -0.15) is 10.2 Å². The first kappa shape index (κ1) is 24.8. The molecule has 10 heteroatoms. The van der Waals surface area contributed by atoms with Crippen LogP contribution in [-0.4, -0.2) is 75.1 Å². The highest BCUT2D eigenvalue weighted by atomic mass is 35.5. The molecule has 1 aliphatic heterocycles. The van der Waals surface area contributed by atoms with Crippen LogP contribution in [0.4, 0.5) is 5.95 Å². The average molecular weight is 496 g/mol. The van der Waals surface area contributed by atoms with E-state index in [4.69, 9.17) is 16.6 Å². The van der Waals surface area contributed by atoms with Crippen molar-refractivity contribution in [3.05, 3.63) is 58.9 Å². The number of nitrogens with one attached hydrogen (secondary N) is 1. The molecular formula is C25H30ClN7O2. The van der Waals surface area contributed by atoms with Crippen LogP contribution in [0.5, 0.6) is 0 Å². The van der Waals surface area contributed by atoms with Gasteiger partial charge in [0.15, 0.2) is 0 Å². The van der Waals surface area contributed by atoms with E-state index in [1.54, 1.807) is 12.1 Å². The Morgan fingerprint density at radius 1 is 1.23 bits per heavy atom. The normalized spacial score (nSPS) is 16.7. The van der Waals surface area contributed by atoms with Crippen molar-refractivity contribution in [1.82, 2.24) is 29.5 Å². The molecule has 0 spiro atoms. The minimum absolute atomic E-state index is 0.0149. The second-order valence-electron chi connectivity index (χ2n) is 9.05. The third-order valence-electron chi connectivity index (χ3n) is 6.11. The van der Waals surface area contributed by atoms with Gasteiger partial charge in [-0.1, -0.05) is 23.7 Å². The van der Waals surface area contributed by atoms with E-state index in [9.17, 15) is 9.59 Å². The van der Waals surface area contributed by atoms with Crippen molar-refractivity contribution in [3.8, 4) is 0 Å². The summed E-state index contributed by atoms with van der Waals surface area (Å²) in [6, 6.07) is 5.32. The van der Waals surface area contributed by atoms with Crippen molar-refractivity contribution >= 4 is 40.4 Å². The van der Waals surface area contributed by atoms with Crippen LogP contribution in [0.2, 0.25) is 5.02 Å². The van der Waals surface area contributed by atoms with Crippen LogP contribution in [0.15, 0.2) is 42.7 Å². The summed E-state index contributed by atoms with van der Waals surface area (Å²) in [5, 5.41) is 11.1. The molecule has 2 aromatic heterocycles. The van der Waals surface area contributed by atoms with Gasteiger partial charge >= 0.3 is 0 Å². The number of carbonyl (C=O) groups excluding carboxylic acids is 2. The molecule has 4 rings (SSSR count). The molecular weight excluding hydrogens is 466 g/mol. The highest BCUT2D eigenvalue weighted by Crippen LogP contribution is 2.35. The van der Waals surface area contributed by atoms with Gasteiger partial charge in [0, 0.05) is 25.7 Å². The number of hydrogen-bond donors (Lipinski definition) is 1. The van der Waals surface area contributed by atoms with Crippen molar-refractivity contribution in [2.24, 2.45) is 0 Å². The molecule has 0 saturated carbocycles. The zero-order valence-corrected chi connectivity index (χ0v) is 21.0. The maximum Gasteiger partial charge on any atom is 0.259 e. The van der Waals surface area contributed by atoms with Gasteiger partial charge in [0.1, 0.15) is 0 Å². The van der Waals surface area contributed by atoms with Crippen LogP contribution in [0, 0.1) is 6.92 Å². The van der Waals surface area contributed by atoms with Gasteiger partial charge in [0.05, 0.1) is 40.1 Å². The predicted octanol–water partition coefficient (Wildman–Crippen LogP) is 3.71. The summed E-state index contributed by atoms with van der Waals surface area (Å²) in [6.45, 7) is 3.83. The summed E-state index contributed by atoms with van der Waals surface area (Å²) in [6.07, 6.45) is 9.09. The summed E-state index contributed by atoms with van der Waals surface area (Å²) in [4.78, 5) is 34.5. The molecule has 184 valence electrons. The fraction of sp³-hybridized carbons (Fsp3) is 0.400. The van der Waals surface area contributed by atoms with Crippen molar-refractivity contribution in [1.29, 1.82) is 0 Å². The third-order valence-corrected chi connectivity index (χ3v) is 6.59. The topological polar surface area (TPSA) is 96.3 Å². The van der Waals surface area contributed by atoms with Gasteiger partial charge in [-0.3, -0.25) is 14.9 Å². The maximum absolute atomic E-state index is 13.0. The van der Waals surface area contributed by atoms with E-state index in [1.807, 2.05) is 53.6 Å². The first-order valence-corrected chi connectivity index (χ1v) is 12.1. The zero-order valence-electron chi connectivity index (χ0n) is 20.2. The number of aryl methyl sites for hydroxylation is 1. The van der Waals surface area contributed by atoms with E-state index < -0.39 is 0 Å². The second kappa shape index (κ2) is 11.0. The Hall–Kier alpha value is -3.30. The molecule has 1 aliphatic rings. The lowest BCUT2D eigenvalue weighted by molar-refractivity contribution is -0.126. The van der Waals surface area contributed by atoms with Gasteiger partial charge < -0.3 is 14.4 Å². The number of rotatable bonds is 6. The molecule has 0 bridgehead atoms. The van der Waals surface area contributed by atoms with Gasteiger partial charge in [-0.25, -0.2) is 4.98 Å². The van der Waals surface area contributed by atoms with Crippen LogP contribution in [0.25, 0.3) is 11.0 Å². The van der Waals surface area contributed by atoms with E-state index in [0.29, 0.717) is 41.7 Å². The lowest BCUT2D eigenvalue weighted by atomic mass is 10.1. The van der Waals surface area contributed by atoms with Crippen molar-refractivity contribution < 1.29 is 9.59 Å². The van der Waals surface area contributed by atoms with E-state index in [2.05, 4.69) is 15.5 Å². The summed E-state index contributed by atoms with van der Waals surface area (Å²) in [5.74, 6) is 0.0492. The van der Waals surface area contributed by atoms with Crippen LogP contribution in [-0.2, 0) is 4.79 Å². The highest BCUT2D eigenvalue weighted by molar-refractivity contribution is 6.35. The number of nitrogens with zero attached hydrogens (tertiary/aromatic N) is 6. The summed E-state index contributed by atoms with van der Waals surface area (Å²) in [5.41, 5.74) is 2.75. The summed E-state index contributed by atoms with van der Waals surface area (Å²) < 4.78 is 1.99. The maximum atomic E-state index is 13.0. The Kier molecular flexibility index (Phi) is 7.77. The third kappa shape index (κ3) is 5.68. The van der Waals surface area contributed by atoms with E-state index >= 15 is 0 Å². The van der Waals surface area contributed by atoms with Crippen molar-refractivity contribution in [2.45, 2.75) is 32.2 Å². The molecule has 35 heavy (non-hydrogen) atoms. The number of carbonyl (C=O) groups is 2. The lowest BCUT2D eigenvalue weighted by Crippen LogP contribution is -2.34. The summed E-state index contributed by atoms with van der Waals surface area (Å²) >= 11 is 6.77. The number of imidazole rings is 1. The Morgan fingerprint density at radius 2 is 2.06 bits per heavy atom. The van der Waals surface area contributed by atoms with Crippen LogP contribution < -0.4 is 5.32 Å². The van der Waals surface area contributed by atoms with Crippen LogP contribution in [0.3, 0.4) is 0 Å². The molecule has 3 aromatic rings. The zero-order chi connectivity index (χ0) is 24.9. The Morgan fingerprint density at radius 3 is 2.80 bits per heavy atom. The van der Waals surface area contributed by atoms with E-state index in [0.717, 1.165) is 30.3 Å². The smallest absolute Gasteiger partial charge is 0.259 e. The SMILES string of the molecule is Cc1ccc2nc(NC(=O)c3ccnnc3)n([C@@H]3CCCCN(C(=O)/C=C/CN(C)C)C3)c2c1Cl. The quantitative estimate of drug-likeness (QED) is 0.524. The molecule has 1 fully saturated rings. The Bertz CT molecular complexity index is 1240. The number of halogens is 1. The number of fused-ring (bicyclic) bond motifs is 1. The lowest BCUT2D eigenvalue weighted by Gasteiger charge is -2.26. The Labute approximate surface area is 209 Å². The number of anilines is 1. The van der Waals surface area contributed by atoms with E-state index in [1.165, 1.54) is 12.4 Å². The molecule has 3 heterocycles. The average Bonchev–Trinajstić information content (AvgIpc) is 3.03. The number of hydrogen-bond acceptors (Lipinski definition) is 6. The van der Waals surface area contributed by atoms with Crippen LogP contribution >= 0.6 is 11.6 Å². The molecule has 1 saturated heterocycles. The van der Waals surface area contributed by atoms with Crippen LogP contribution in [0.1, 0.15) is 41.2 Å². The predicted molar refractivity (Wildman–Crippen MR) is 137 cm³/mol. The molecule has 0 radical (unpaired) electrons. The number of aromatic nitrogens is 4. The molecule has 1 atom stereocenters. The number of amides is 2. The highest BCUT2D eigenvalue weighted by Gasteiger charge is 2.28. The van der Waals surface area contributed by atoms with E-state index in [-0.39, 0.29) is 17.9 Å². The fourth-order valence-electron chi connectivity index (χ4n) is 4.29. The molecule has 1 N–H and O–H groups in total. The molecule has 2 amide bonds. The first-order valence-electron chi connectivity index (χ1n) is 11.7. The van der Waals surface area contributed by atoms with Gasteiger partial charge in [0.2, 0.25) is 11.9 Å². The number of likely N-dealkylation sites (N-methyl/N-ethyl adjacent to an activating group) is 1. The Balaban J connectivity index is 1.71. The minimum Gasteiger partial charge on any atom is -0.337 e. The monoisotopic (exact) mass is 495 g/mol. The largest absolute Gasteiger partial charge is 0.337 e. The molecule has 1 aromatic carbocycles. The van der Waals surface area contributed by atoms with Gasteiger partial charge in [-0.15, -0.1) is 0 Å². The second-order valence-corrected chi connectivity index (χ2v) is 9.43. The minimum atomic E-state index is -0.336. The molecule has 0 aliphatic carbocycles. The number of benzene rings is 1. The van der Waals surface area contributed by atoms with Gasteiger partial charge in [-0.05, 0) is 58.0 Å². The first-order chi connectivity index (χ1) is 16.8. The van der Waals surface area contributed by atoms with Crippen molar-refractivity contribution in [3.63, 3.8) is 0 Å². The van der Waals surface area contributed by atoms with Crippen molar-refractivity contribution in [2.75, 3.05) is 39.0 Å². The number of likely N-dealkylation sites (tertiary alicyclic amines) is 1. The summed E-state index contributed by atoms with van der Waals surface area (Å²) in [7, 11) is 3.93.